The molecule has 0 amide bonds. The van der Waals surface area contributed by atoms with E-state index >= 15 is 0 Å². The van der Waals surface area contributed by atoms with Gasteiger partial charge in [-0.25, -0.2) is 5.43 Å². The average molecular weight is 291 g/mol. The summed E-state index contributed by atoms with van der Waals surface area (Å²) < 4.78 is 5.93. The Labute approximate surface area is 124 Å². The molecular weight excluding hydrogens is 272 g/mol. The molecule has 0 saturated carbocycles. The molecule has 0 heterocycles. The van der Waals surface area contributed by atoms with Gasteiger partial charge < -0.3 is 4.74 Å². The average Bonchev–Trinajstić information content (AvgIpc) is 2.41. The van der Waals surface area contributed by atoms with E-state index in [1.54, 1.807) is 6.07 Å². The Morgan fingerprint density at radius 3 is 2.55 bits per heavy atom. The molecule has 2 unspecified atom stereocenters. The smallest absolute Gasteiger partial charge is 0.121 e. The highest BCUT2D eigenvalue weighted by molar-refractivity contribution is 6.30. The van der Waals surface area contributed by atoms with Crippen molar-refractivity contribution >= 4 is 11.6 Å². The van der Waals surface area contributed by atoms with E-state index in [0.717, 1.165) is 11.3 Å². The molecule has 0 bridgehead atoms. The minimum absolute atomic E-state index is 0.0878. The molecule has 0 saturated heterocycles. The second-order valence-corrected chi connectivity index (χ2v) is 5.22. The summed E-state index contributed by atoms with van der Waals surface area (Å²) in [4.78, 5) is 0. The number of benzene rings is 2. The number of halogens is 1. The normalized spacial score (nSPS) is 13.8. The maximum absolute atomic E-state index is 5.96. The zero-order valence-electron chi connectivity index (χ0n) is 11.6. The summed E-state index contributed by atoms with van der Waals surface area (Å²) in [6.45, 7) is 4.05. The van der Waals surface area contributed by atoms with E-state index in [9.17, 15) is 0 Å². The lowest BCUT2D eigenvalue weighted by Crippen LogP contribution is -2.38. The standard InChI is InChI=1S/C16H19ClN2O/c1-11-6-3-4-9-15(11)16(19-18)12(2)20-14-8-5-7-13(17)10-14/h3-10,12,16,19H,18H2,1-2H3. The van der Waals surface area contributed by atoms with Crippen LogP contribution in [0.15, 0.2) is 48.5 Å². The third kappa shape index (κ3) is 3.51. The molecule has 2 aromatic carbocycles. The van der Waals surface area contributed by atoms with Crippen LogP contribution in [0.3, 0.4) is 0 Å². The van der Waals surface area contributed by atoms with E-state index < -0.39 is 0 Å². The maximum atomic E-state index is 5.96. The van der Waals surface area contributed by atoms with Crippen LogP contribution in [0.25, 0.3) is 0 Å². The minimum Gasteiger partial charge on any atom is -0.489 e. The first-order chi connectivity index (χ1) is 9.61. The fourth-order valence-electron chi connectivity index (χ4n) is 2.24. The molecule has 3 N–H and O–H groups in total. The zero-order valence-corrected chi connectivity index (χ0v) is 12.4. The van der Waals surface area contributed by atoms with Gasteiger partial charge in [-0.2, -0.15) is 0 Å². The van der Waals surface area contributed by atoms with E-state index in [-0.39, 0.29) is 12.1 Å². The zero-order chi connectivity index (χ0) is 14.5. The lowest BCUT2D eigenvalue weighted by molar-refractivity contribution is 0.171. The quantitative estimate of drug-likeness (QED) is 0.653. The first-order valence-corrected chi connectivity index (χ1v) is 6.93. The highest BCUT2D eigenvalue weighted by atomic mass is 35.5. The van der Waals surface area contributed by atoms with E-state index in [1.165, 1.54) is 5.56 Å². The van der Waals surface area contributed by atoms with Crippen molar-refractivity contribution in [2.75, 3.05) is 0 Å². The van der Waals surface area contributed by atoms with Gasteiger partial charge in [0.25, 0.3) is 0 Å². The molecule has 2 atom stereocenters. The first kappa shape index (κ1) is 14.9. The lowest BCUT2D eigenvalue weighted by atomic mass is 9.98. The van der Waals surface area contributed by atoms with Crippen molar-refractivity contribution in [3.8, 4) is 5.75 Å². The molecule has 3 nitrogen and oxygen atoms in total. The van der Waals surface area contributed by atoms with Crippen LogP contribution in [-0.4, -0.2) is 6.10 Å². The van der Waals surface area contributed by atoms with Gasteiger partial charge in [0, 0.05) is 5.02 Å². The van der Waals surface area contributed by atoms with Gasteiger partial charge in [-0.15, -0.1) is 0 Å². The van der Waals surface area contributed by atoms with Crippen molar-refractivity contribution < 1.29 is 4.74 Å². The number of hydrazine groups is 1. The molecule has 4 heteroatoms. The fourth-order valence-corrected chi connectivity index (χ4v) is 2.42. The molecule has 0 radical (unpaired) electrons. The number of nitrogens with one attached hydrogen (secondary N) is 1. The molecule has 2 rings (SSSR count). The Balaban J connectivity index is 2.18. The Morgan fingerprint density at radius 1 is 1.15 bits per heavy atom. The van der Waals surface area contributed by atoms with Crippen molar-refractivity contribution in [2.24, 2.45) is 5.84 Å². The van der Waals surface area contributed by atoms with Gasteiger partial charge in [-0.1, -0.05) is 41.9 Å². The molecule has 0 aliphatic carbocycles. The summed E-state index contributed by atoms with van der Waals surface area (Å²) in [5, 5.41) is 0.655. The van der Waals surface area contributed by atoms with Gasteiger partial charge in [0.05, 0.1) is 6.04 Å². The van der Waals surface area contributed by atoms with Crippen LogP contribution in [0, 0.1) is 6.92 Å². The predicted molar refractivity (Wildman–Crippen MR) is 82.8 cm³/mol. The van der Waals surface area contributed by atoms with E-state index in [4.69, 9.17) is 22.2 Å². The van der Waals surface area contributed by atoms with Crippen LogP contribution < -0.4 is 16.0 Å². The van der Waals surface area contributed by atoms with E-state index in [2.05, 4.69) is 24.5 Å². The van der Waals surface area contributed by atoms with Gasteiger partial charge in [0.1, 0.15) is 11.9 Å². The molecule has 0 aromatic heterocycles. The van der Waals surface area contributed by atoms with Crippen LogP contribution in [0.4, 0.5) is 0 Å². The Morgan fingerprint density at radius 2 is 1.90 bits per heavy atom. The Kier molecular flexibility index (Phi) is 5.01. The summed E-state index contributed by atoms with van der Waals surface area (Å²) in [5.74, 6) is 6.44. The number of nitrogens with two attached hydrogens (primary N) is 1. The number of ether oxygens (including phenoxy) is 1. The number of hydrogen-bond acceptors (Lipinski definition) is 3. The Bertz CT molecular complexity index is 574. The number of rotatable bonds is 5. The van der Waals surface area contributed by atoms with Crippen molar-refractivity contribution in [3.63, 3.8) is 0 Å². The summed E-state index contributed by atoms with van der Waals surface area (Å²) in [6, 6.07) is 15.4. The predicted octanol–water partition coefficient (Wildman–Crippen LogP) is 3.62. The second kappa shape index (κ2) is 6.75. The van der Waals surface area contributed by atoms with E-state index in [1.807, 2.05) is 37.3 Å². The van der Waals surface area contributed by atoms with Crippen molar-refractivity contribution in [2.45, 2.75) is 26.0 Å². The van der Waals surface area contributed by atoms with Crippen LogP contribution in [0.5, 0.6) is 5.75 Å². The molecule has 2 aromatic rings. The largest absolute Gasteiger partial charge is 0.489 e. The molecule has 0 aliphatic rings. The number of hydrogen-bond donors (Lipinski definition) is 2. The molecule has 20 heavy (non-hydrogen) atoms. The maximum Gasteiger partial charge on any atom is 0.121 e. The van der Waals surface area contributed by atoms with Gasteiger partial charge >= 0.3 is 0 Å². The molecule has 0 aliphatic heterocycles. The summed E-state index contributed by atoms with van der Waals surface area (Å²) in [5.41, 5.74) is 5.14. The highest BCUT2D eigenvalue weighted by Crippen LogP contribution is 2.25. The van der Waals surface area contributed by atoms with Crippen molar-refractivity contribution in [3.05, 3.63) is 64.7 Å². The van der Waals surface area contributed by atoms with Gasteiger partial charge in [0.15, 0.2) is 0 Å². The minimum atomic E-state index is -0.125. The van der Waals surface area contributed by atoms with Gasteiger partial charge in [-0.3, -0.25) is 5.84 Å². The van der Waals surface area contributed by atoms with Gasteiger partial charge in [0.2, 0.25) is 0 Å². The Hall–Kier alpha value is -1.55. The molecule has 106 valence electrons. The molecule has 0 fully saturated rings. The van der Waals surface area contributed by atoms with Crippen LogP contribution in [0.1, 0.15) is 24.1 Å². The number of aryl methyl sites for hydroxylation is 1. The summed E-state index contributed by atoms with van der Waals surface area (Å²) >= 11 is 5.96. The SMILES string of the molecule is Cc1ccccc1C(NN)C(C)Oc1cccc(Cl)c1. The van der Waals surface area contributed by atoms with Crippen molar-refractivity contribution in [1.29, 1.82) is 0 Å². The fraction of sp³-hybridized carbons (Fsp3) is 0.250. The van der Waals surface area contributed by atoms with E-state index in [0.29, 0.717) is 5.02 Å². The highest BCUT2D eigenvalue weighted by Gasteiger charge is 2.21. The van der Waals surface area contributed by atoms with Crippen molar-refractivity contribution in [1.82, 2.24) is 5.43 Å². The third-order valence-corrected chi connectivity index (χ3v) is 3.53. The van der Waals surface area contributed by atoms with Gasteiger partial charge in [-0.05, 0) is 43.2 Å². The monoisotopic (exact) mass is 290 g/mol. The lowest BCUT2D eigenvalue weighted by Gasteiger charge is -2.26. The molecule has 0 spiro atoms. The second-order valence-electron chi connectivity index (χ2n) is 4.78. The first-order valence-electron chi connectivity index (χ1n) is 6.55. The summed E-state index contributed by atoms with van der Waals surface area (Å²) in [6.07, 6.45) is -0.125. The van der Waals surface area contributed by atoms with Crippen LogP contribution in [0.2, 0.25) is 5.02 Å². The molecular formula is C16H19ClN2O. The van der Waals surface area contributed by atoms with Crippen LogP contribution in [-0.2, 0) is 0 Å². The topological polar surface area (TPSA) is 47.3 Å². The third-order valence-electron chi connectivity index (χ3n) is 3.29. The van der Waals surface area contributed by atoms with Crippen LogP contribution >= 0.6 is 11.6 Å². The summed E-state index contributed by atoms with van der Waals surface area (Å²) in [7, 11) is 0.